The topological polar surface area (TPSA) is 57.0 Å². The molecule has 130 valence electrons. The van der Waals surface area contributed by atoms with E-state index < -0.39 is 5.54 Å². The molecule has 0 aliphatic carbocycles. The van der Waals surface area contributed by atoms with Crippen molar-refractivity contribution >= 4 is 17.3 Å². The average Bonchev–Trinajstić information content (AvgIpc) is 3.25. The third-order valence-electron chi connectivity index (χ3n) is 4.01. The van der Waals surface area contributed by atoms with Gasteiger partial charge < -0.3 is 4.74 Å². The van der Waals surface area contributed by atoms with Crippen molar-refractivity contribution in [1.29, 1.82) is 0 Å². The molecular formula is C19H21N3O2S. The van der Waals surface area contributed by atoms with Crippen LogP contribution in [0.2, 0.25) is 0 Å². The Kier molecular flexibility index (Phi) is 4.72. The summed E-state index contributed by atoms with van der Waals surface area (Å²) in [7, 11) is 0. The second-order valence-corrected chi connectivity index (χ2v) is 7.22. The first-order valence-corrected chi connectivity index (χ1v) is 9.05. The van der Waals surface area contributed by atoms with Crippen LogP contribution in [-0.4, -0.2) is 27.3 Å². The molecular weight excluding hydrogens is 334 g/mol. The number of thiazole rings is 1. The minimum absolute atomic E-state index is 0.347. The maximum Gasteiger partial charge on any atom is 0.341 e. The molecule has 1 aromatic carbocycles. The molecule has 0 fully saturated rings. The van der Waals surface area contributed by atoms with Crippen LogP contribution >= 0.6 is 11.3 Å². The van der Waals surface area contributed by atoms with Gasteiger partial charge in [0.1, 0.15) is 10.5 Å². The lowest BCUT2D eigenvalue weighted by molar-refractivity contribution is 0.0526. The quantitative estimate of drug-likeness (QED) is 0.641. The van der Waals surface area contributed by atoms with Gasteiger partial charge in [-0.05, 0) is 33.8 Å². The molecule has 0 amide bonds. The number of benzene rings is 1. The Morgan fingerprint density at radius 3 is 2.88 bits per heavy atom. The molecule has 2 heterocycles. The van der Waals surface area contributed by atoms with E-state index in [-0.39, 0.29) is 5.97 Å². The van der Waals surface area contributed by atoms with Crippen molar-refractivity contribution in [2.75, 3.05) is 6.61 Å². The summed E-state index contributed by atoms with van der Waals surface area (Å²) in [5.74, 6) is -0.357. The van der Waals surface area contributed by atoms with Gasteiger partial charge >= 0.3 is 5.97 Å². The fourth-order valence-corrected chi connectivity index (χ4v) is 3.48. The predicted octanol–water partition coefficient (Wildman–Crippen LogP) is 4.28. The van der Waals surface area contributed by atoms with Gasteiger partial charge in [0.05, 0.1) is 24.1 Å². The predicted molar refractivity (Wildman–Crippen MR) is 98.9 cm³/mol. The van der Waals surface area contributed by atoms with E-state index in [2.05, 4.69) is 35.6 Å². The van der Waals surface area contributed by atoms with Gasteiger partial charge in [-0.25, -0.2) is 9.78 Å². The maximum absolute atomic E-state index is 11.9. The van der Waals surface area contributed by atoms with E-state index in [0.717, 1.165) is 16.3 Å². The first-order chi connectivity index (χ1) is 11.9. The lowest BCUT2D eigenvalue weighted by atomic mass is 10.1. The third kappa shape index (κ3) is 3.49. The van der Waals surface area contributed by atoms with E-state index in [0.29, 0.717) is 12.2 Å². The molecule has 0 unspecified atom stereocenters. The SMILES string of the molecule is CCOC(=O)c1cnn(C(C)(C)c2nc(-c3cccc(C)c3)cs2)c1. The van der Waals surface area contributed by atoms with Crippen LogP contribution in [0, 0.1) is 6.92 Å². The van der Waals surface area contributed by atoms with Crippen molar-refractivity contribution in [3.05, 3.63) is 58.2 Å². The summed E-state index contributed by atoms with van der Waals surface area (Å²) in [6, 6.07) is 8.29. The summed E-state index contributed by atoms with van der Waals surface area (Å²) in [6.07, 6.45) is 3.25. The van der Waals surface area contributed by atoms with E-state index >= 15 is 0 Å². The fourth-order valence-electron chi connectivity index (χ4n) is 2.54. The van der Waals surface area contributed by atoms with E-state index in [1.54, 1.807) is 29.1 Å². The maximum atomic E-state index is 11.9. The Hall–Kier alpha value is -2.47. The zero-order valence-corrected chi connectivity index (χ0v) is 15.6. The minimum atomic E-state index is -0.461. The number of hydrogen-bond acceptors (Lipinski definition) is 5. The Balaban J connectivity index is 1.89. The monoisotopic (exact) mass is 355 g/mol. The number of aromatic nitrogens is 3. The smallest absolute Gasteiger partial charge is 0.341 e. The lowest BCUT2D eigenvalue weighted by Crippen LogP contribution is -2.28. The summed E-state index contributed by atoms with van der Waals surface area (Å²) in [6.45, 7) is 8.28. The molecule has 0 N–H and O–H groups in total. The molecule has 0 radical (unpaired) electrons. The summed E-state index contributed by atoms with van der Waals surface area (Å²) in [4.78, 5) is 16.7. The van der Waals surface area contributed by atoms with Crippen molar-refractivity contribution in [2.45, 2.75) is 33.2 Å². The van der Waals surface area contributed by atoms with Gasteiger partial charge in [0.25, 0.3) is 0 Å². The van der Waals surface area contributed by atoms with Crippen molar-refractivity contribution < 1.29 is 9.53 Å². The van der Waals surface area contributed by atoms with Crippen LogP contribution in [-0.2, 0) is 10.3 Å². The summed E-state index contributed by atoms with van der Waals surface area (Å²) in [5, 5.41) is 7.34. The molecule has 0 spiro atoms. The number of carbonyl (C=O) groups excluding carboxylic acids is 1. The second-order valence-electron chi connectivity index (χ2n) is 6.36. The number of carbonyl (C=O) groups is 1. The Bertz CT molecular complexity index is 895. The molecule has 3 rings (SSSR count). The number of hydrogen-bond donors (Lipinski definition) is 0. The highest BCUT2D eigenvalue weighted by atomic mass is 32.1. The molecule has 25 heavy (non-hydrogen) atoms. The lowest BCUT2D eigenvalue weighted by Gasteiger charge is -2.22. The van der Waals surface area contributed by atoms with Crippen molar-refractivity contribution in [1.82, 2.24) is 14.8 Å². The zero-order chi connectivity index (χ0) is 18.0. The number of aryl methyl sites for hydroxylation is 1. The average molecular weight is 355 g/mol. The Morgan fingerprint density at radius 1 is 1.36 bits per heavy atom. The van der Waals surface area contributed by atoms with Crippen LogP contribution in [0.1, 0.15) is 41.7 Å². The van der Waals surface area contributed by atoms with Crippen LogP contribution in [0.25, 0.3) is 11.3 Å². The van der Waals surface area contributed by atoms with Crippen molar-refractivity contribution in [3.8, 4) is 11.3 Å². The molecule has 5 nitrogen and oxygen atoms in total. The van der Waals surface area contributed by atoms with Crippen LogP contribution in [0.3, 0.4) is 0 Å². The van der Waals surface area contributed by atoms with Crippen LogP contribution in [0.4, 0.5) is 0 Å². The van der Waals surface area contributed by atoms with Gasteiger partial charge in [-0.2, -0.15) is 5.10 Å². The van der Waals surface area contributed by atoms with E-state index in [9.17, 15) is 4.79 Å². The van der Waals surface area contributed by atoms with Crippen molar-refractivity contribution in [3.63, 3.8) is 0 Å². The van der Waals surface area contributed by atoms with Crippen molar-refractivity contribution in [2.24, 2.45) is 0 Å². The molecule has 0 aliphatic rings. The minimum Gasteiger partial charge on any atom is -0.462 e. The van der Waals surface area contributed by atoms with Crippen LogP contribution in [0.15, 0.2) is 42.0 Å². The molecule has 0 saturated carbocycles. The van der Waals surface area contributed by atoms with Gasteiger partial charge in [0, 0.05) is 17.1 Å². The first-order valence-electron chi connectivity index (χ1n) is 8.17. The van der Waals surface area contributed by atoms with E-state index in [1.807, 2.05) is 19.9 Å². The number of nitrogens with zero attached hydrogens (tertiary/aromatic N) is 3. The molecule has 0 bridgehead atoms. The standard InChI is InChI=1S/C19H21N3O2S/c1-5-24-17(23)15-10-20-22(11-15)19(3,4)18-21-16(12-25-18)14-8-6-7-13(2)9-14/h6-12H,5H2,1-4H3. The zero-order valence-electron chi connectivity index (χ0n) is 14.8. The van der Waals surface area contributed by atoms with Gasteiger partial charge in [-0.1, -0.05) is 23.8 Å². The Labute approximate surface area is 151 Å². The Morgan fingerprint density at radius 2 is 2.16 bits per heavy atom. The van der Waals surface area contributed by atoms with Crippen LogP contribution < -0.4 is 0 Å². The molecule has 6 heteroatoms. The number of ether oxygens (including phenoxy) is 1. The highest BCUT2D eigenvalue weighted by molar-refractivity contribution is 7.10. The number of esters is 1. The summed E-state index contributed by atoms with van der Waals surface area (Å²) < 4.78 is 6.79. The summed E-state index contributed by atoms with van der Waals surface area (Å²) in [5.41, 5.74) is 3.25. The van der Waals surface area contributed by atoms with Gasteiger partial charge in [0.15, 0.2) is 0 Å². The molecule has 3 aromatic rings. The number of rotatable bonds is 5. The highest BCUT2D eigenvalue weighted by Gasteiger charge is 2.28. The van der Waals surface area contributed by atoms with Gasteiger partial charge in [-0.3, -0.25) is 4.68 Å². The van der Waals surface area contributed by atoms with Gasteiger partial charge in [0.2, 0.25) is 0 Å². The molecule has 2 aromatic heterocycles. The second kappa shape index (κ2) is 6.80. The highest BCUT2D eigenvalue weighted by Crippen LogP contribution is 2.31. The summed E-state index contributed by atoms with van der Waals surface area (Å²) >= 11 is 1.59. The van der Waals surface area contributed by atoms with E-state index in [1.165, 1.54) is 11.8 Å². The van der Waals surface area contributed by atoms with E-state index in [4.69, 9.17) is 9.72 Å². The van der Waals surface area contributed by atoms with Gasteiger partial charge in [-0.15, -0.1) is 11.3 Å². The van der Waals surface area contributed by atoms with Crippen LogP contribution in [0.5, 0.6) is 0 Å². The largest absolute Gasteiger partial charge is 0.462 e. The molecule has 0 atom stereocenters. The third-order valence-corrected chi connectivity index (χ3v) is 5.16. The fraction of sp³-hybridized carbons (Fsp3) is 0.316. The molecule has 0 saturated heterocycles. The first kappa shape index (κ1) is 17.4. The molecule has 0 aliphatic heterocycles. The normalized spacial score (nSPS) is 11.5.